The van der Waals surface area contributed by atoms with Crippen LogP contribution in [0.1, 0.15) is 44.4 Å². The van der Waals surface area contributed by atoms with Crippen molar-refractivity contribution in [1.29, 1.82) is 5.26 Å². The molecule has 0 saturated carbocycles. The lowest BCUT2D eigenvalue weighted by atomic mass is 9.98. The van der Waals surface area contributed by atoms with Gasteiger partial charge in [0.2, 0.25) is 6.10 Å². The average molecular weight is 491 g/mol. The number of allylic oxidation sites excluding steroid dienone is 2. The van der Waals surface area contributed by atoms with Crippen molar-refractivity contribution < 1.29 is 13.5 Å². The molecule has 1 aromatic heterocycles. The molecule has 186 valence electrons. The first-order chi connectivity index (χ1) is 16.5. The van der Waals surface area contributed by atoms with Crippen molar-refractivity contribution in [2.24, 2.45) is 0 Å². The van der Waals surface area contributed by atoms with Crippen LogP contribution in [0.25, 0.3) is 16.5 Å². The van der Waals surface area contributed by atoms with Crippen molar-refractivity contribution >= 4 is 25.7 Å². The molecule has 0 spiro atoms. The summed E-state index contributed by atoms with van der Waals surface area (Å²) in [6.07, 6.45) is 9.97. The van der Waals surface area contributed by atoms with Crippen LogP contribution in [0.2, 0.25) is 0 Å². The number of unbranched alkanes of at least 4 members (excludes halogenated alkanes) is 1. The fourth-order valence-corrected chi connectivity index (χ4v) is 3.82. The van der Waals surface area contributed by atoms with Crippen molar-refractivity contribution in [1.82, 2.24) is 15.2 Å². The maximum Gasteiger partial charge on any atom is 0.249 e. The van der Waals surface area contributed by atoms with Gasteiger partial charge in [0, 0.05) is 30.6 Å². The van der Waals surface area contributed by atoms with E-state index in [9.17, 15) is 14.0 Å². The maximum absolute atomic E-state index is 13.1. The third-order valence-electron chi connectivity index (χ3n) is 5.28. The molecule has 0 aliphatic heterocycles. The predicted molar refractivity (Wildman–Crippen MR) is 142 cm³/mol. The maximum atomic E-state index is 13.1. The lowest BCUT2D eigenvalue weighted by Crippen LogP contribution is -2.23. The Hall–Kier alpha value is -2.68. The lowest BCUT2D eigenvalue weighted by molar-refractivity contribution is 0.153. The Kier molecular flexibility index (Phi) is 13.8. The van der Waals surface area contributed by atoms with Crippen LogP contribution in [-0.2, 0) is 6.54 Å². The van der Waals surface area contributed by atoms with E-state index in [1.165, 1.54) is 12.8 Å². The Morgan fingerprint density at radius 3 is 2.62 bits per heavy atom. The smallest absolute Gasteiger partial charge is 0.249 e. The standard InChI is InChI=1S/C19H21FN3OP.C6H13N.CH3F/c1-3-23-17-10-14(24-19(20)25)8-9-15(17)16(11-21)18(23)12-4-6-13(22-2)7-5-12;1-3-5-6-7-4-2;1-2/h4-6,8-10,13,19,22H,3,7,25H2,1-2H3;4,7H,2-3,5-6H2,1H3;1H3. The number of aromatic nitrogens is 1. The number of halogens is 2. The Balaban J connectivity index is 0.000000553. The molecule has 2 aromatic rings. The van der Waals surface area contributed by atoms with Gasteiger partial charge >= 0.3 is 0 Å². The van der Waals surface area contributed by atoms with Gasteiger partial charge in [-0.2, -0.15) is 9.65 Å². The zero-order chi connectivity index (χ0) is 25.5. The number of alkyl halides is 2. The summed E-state index contributed by atoms with van der Waals surface area (Å²) < 4.78 is 29.9. The van der Waals surface area contributed by atoms with Crippen molar-refractivity contribution in [2.45, 2.75) is 51.8 Å². The molecule has 2 N–H and O–H groups in total. The lowest BCUT2D eigenvalue weighted by Gasteiger charge is -2.17. The predicted octanol–water partition coefficient (Wildman–Crippen LogP) is 6.08. The number of nitriles is 1. The first kappa shape index (κ1) is 29.4. The summed E-state index contributed by atoms with van der Waals surface area (Å²) in [7, 11) is 4.41. The van der Waals surface area contributed by atoms with Crippen LogP contribution in [0, 0.1) is 11.3 Å². The second kappa shape index (κ2) is 16.0. The Morgan fingerprint density at radius 2 is 2.12 bits per heavy atom. The Bertz CT molecular complexity index is 1010. The van der Waals surface area contributed by atoms with E-state index in [4.69, 9.17) is 4.74 Å². The van der Waals surface area contributed by atoms with Crippen LogP contribution in [0.5, 0.6) is 5.75 Å². The van der Waals surface area contributed by atoms with Crippen LogP contribution in [0.15, 0.2) is 49.2 Å². The highest BCUT2D eigenvalue weighted by atomic mass is 31.0. The number of fused-ring (bicyclic) bond motifs is 1. The van der Waals surface area contributed by atoms with E-state index in [1.54, 1.807) is 18.3 Å². The second-order valence-electron chi connectivity index (χ2n) is 7.39. The van der Waals surface area contributed by atoms with Crippen LogP contribution < -0.4 is 15.4 Å². The van der Waals surface area contributed by atoms with E-state index in [1.807, 2.05) is 29.3 Å². The van der Waals surface area contributed by atoms with Gasteiger partial charge in [-0.3, -0.25) is 4.39 Å². The summed E-state index contributed by atoms with van der Waals surface area (Å²) in [5, 5.41) is 16.8. The van der Waals surface area contributed by atoms with Crippen molar-refractivity contribution in [3.05, 3.63) is 60.5 Å². The van der Waals surface area contributed by atoms with E-state index in [2.05, 4.69) is 53.0 Å². The highest BCUT2D eigenvalue weighted by Gasteiger charge is 2.21. The molecule has 34 heavy (non-hydrogen) atoms. The van der Waals surface area contributed by atoms with Gasteiger partial charge in [0.25, 0.3) is 0 Å². The molecule has 0 amide bonds. The van der Waals surface area contributed by atoms with Gasteiger partial charge < -0.3 is 19.9 Å². The first-order valence-electron chi connectivity index (χ1n) is 11.4. The number of rotatable bonds is 9. The van der Waals surface area contributed by atoms with Crippen LogP contribution in [0.3, 0.4) is 0 Å². The minimum atomic E-state index is -1.46. The van der Waals surface area contributed by atoms with Crippen LogP contribution >= 0.6 is 9.24 Å². The molecule has 3 unspecified atom stereocenters. The van der Waals surface area contributed by atoms with Gasteiger partial charge in [0.05, 0.1) is 24.0 Å². The average Bonchev–Trinajstić information content (AvgIpc) is 3.18. The number of ether oxygens (including phenoxy) is 1. The largest absolute Gasteiger partial charge is 0.457 e. The molecule has 3 atom stereocenters. The van der Waals surface area contributed by atoms with Gasteiger partial charge in [0.15, 0.2) is 0 Å². The van der Waals surface area contributed by atoms with Crippen LogP contribution in [0.4, 0.5) is 8.78 Å². The fraction of sp³-hybridized carbons (Fsp3) is 0.423. The highest BCUT2D eigenvalue weighted by molar-refractivity contribution is 7.16. The zero-order valence-corrected chi connectivity index (χ0v) is 21.7. The fourth-order valence-electron chi connectivity index (χ4n) is 3.67. The minimum absolute atomic E-state index is 0.317. The molecule has 1 aromatic carbocycles. The van der Waals surface area contributed by atoms with Crippen molar-refractivity contribution in [2.75, 3.05) is 20.8 Å². The highest BCUT2D eigenvalue weighted by Crippen LogP contribution is 2.35. The molecule has 0 radical (unpaired) electrons. The topological polar surface area (TPSA) is 62.0 Å². The number of nitrogens with one attached hydrogen (secondary N) is 2. The summed E-state index contributed by atoms with van der Waals surface area (Å²) in [5.74, 6) is 0.446. The van der Waals surface area contributed by atoms with Gasteiger partial charge in [-0.25, -0.2) is 0 Å². The summed E-state index contributed by atoms with van der Waals surface area (Å²) >= 11 is 0. The van der Waals surface area contributed by atoms with Gasteiger partial charge in [0.1, 0.15) is 11.8 Å². The molecule has 0 fully saturated rings. The molecule has 0 bridgehead atoms. The number of nitrogens with zero attached hydrogens (tertiary/aromatic N) is 2. The molecular formula is C26H37F2N4OP. The van der Waals surface area contributed by atoms with E-state index < -0.39 is 6.10 Å². The number of hydrogen-bond acceptors (Lipinski definition) is 4. The Labute approximate surface area is 204 Å². The van der Waals surface area contributed by atoms with Crippen LogP contribution in [-0.4, -0.2) is 37.5 Å². The second-order valence-corrected chi connectivity index (χ2v) is 7.91. The third-order valence-corrected chi connectivity index (χ3v) is 5.41. The summed E-state index contributed by atoms with van der Waals surface area (Å²) in [6.45, 7) is 9.50. The molecule has 0 saturated heterocycles. The molecule has 1 heterocycles. The molecule has 1 aliphatic carbocycles. The number of likely N-dealkylation sites (N-methyl/N-ethyl adjacent to an activating group) is 1. The Morgan fingerprint density at radius 1 is 1.38 bits per heavy atom. The van der Waals surface area contributed by atoms with E-state index in [0.717, 1.165) is 35.1 Å². The summed E-state index contributed by atoms with van der Waals surface area (Å²) in [4.78, 5) is 0. The number of benzene rings is 1. The molecule has 3 rings (SSSR count). The molecule has 1 aliphatic rings. The summed E-state index contributed by atoms with van der Waals surface area (Å²) in [5.41, 5.74) is 3.47. The molecule has 8 heteroatoms. The number of hydrogen-bond donors (Lipinski definition) is 2. The third kappa shape index (κ3) is 7.97. The quantitative estimate of drug-likeness (QED) is 0.331. The van der Waals surface area contributed by atoms with E-state index in [-0.39, 0.29) is 0 Å². The van der Waals surface area contributed by atoms with Crippen molar-refractivity contribution in [3.8, 4) is 11.8 Å². The molecular weight excluding hydrogens is 453 g/mol. The molecule has 5 nitrogen and oxygen atoms in total. The first-order valence-corrected chi connectivity index (χ1v) is 12.1. The van der Waals surface area contributed by atoms with E-state index >= 15 is 0 Å². The van der Waals surface area contributed by atoms with Crippen molar-refractivity contribution in [3.63, 3.8) is 0 Å². The van der Waals surface area contributed by atoms with Gasteiger partial charge in [-0.15, -0.1) is 0 Å². The number of aryl methyl sites for hydroxylation is 1. The van der Waals surface area contributed by atoms with Gasteiger partial charge in [-0.1, -0.05) is 47.4 Å². The van der Waals surface area contributed by atoms with E-state index in [0.29, 0.717) is 31.1 Å². The SMILES string of the molecule is C=CNCCCC.CCn1c(C2=CCC(NC)C=C2)c(C#N)c2ccc(OC(F)P)cc21.CF. The van der Waals surface area contributed by atoms with Gasteiger partial charge in [-0.05, 0) is 50.7 Å². The monoisotopic (exact) mass is 490 g/mol. The summed E-state index contributed by atoms with van der Waals surface area (Å²) in [6, 6.07) is 7.99. The zero-order valence-electron chi connectivity index (χ0n) is 20.6. The normalized spacial score (nSPS) is 15.1. The minimum Gasteiger partial charge on any atom is -0.457 e.